The molecule has 0 aliphatic heterocycles. The summed E-state index contributed by atoms with van der Waals surface area (Å²) in [5.41, 5.74) is 2.05. The molecular weight excluding hydrogens is 342 g/mol. The van der Waals surface area contributed by atoms with Crippen molar-refractivity contribution < 1.29 is 13.5 Å². The average Bonchev–Trinajstić information content (AvgIpc) is 2.98. The smallest absolute Gasteiger partial charge is 0.182 e. The van der Waals surface area contributed by atoms with E-state index in [-0.39, 0.29) is 11.6 Å². The second kappa shape index (κ2) is 6.44. The van der Waals surface area contributed by atoms with Gasteiger partial charge in [0, 0.05) is 23.0 Å². The van der Waals surface area contributed by atoms with Gasteiger partial charge >= 0.3 is 0 Å². The van der Waals surface area contributed by atoms with Crippen molar-refractivity contribution in [3.05, 3.63) is 76.3 Å². The van der Waals surface area contributed by atoms with E-state index in [4.69, 9.17) is 17.0 Å². The Balaban J connectivity index is 2.05. The van der Waals surface area contributed by atoms with Gasteiger partial charge in [-0.25, -0.2) is 8.78 Å². The minimum absolute atomic E-state index is 0.196. The number of imidazole rings is 1. The number of methoxy groups -OCH3 is 1. The summed E-state index contributed by atoms with van der Waals surface area (Å²) in [5, 5.41) is 0. The molecular formula is C19H18F2N2OS. The third-order valence-corrected chi connectivity index (χ3v) is 4.67. The minimum Gasteiger partial charge on any atom is -0.494 e. The molecule has 0 amide bonds. The number of hydrogen-bond acceptors (Lipinski definition) is 2. The number of nitrogens with zero attached hydrogens (tertiary/aromatic N) is 1. The summed E-state index contributed by atoms with van der Waals surface area (Å²) < 4.78 is 34.2. The molecule has 1 heterocycles. The molecule has 0 spiro atoms. The van der Waals surface area contributed by atoms with Crippen LogP contribution in [0.5, 0.6) is 5.75 Å². The van der Waals surface area contributed by atoms with Crippen molar-refractivity contribution in [3.63, 3.8) is 0 Å². The SMILES string of the molecule is COc1cc(C(C)(C)c2cn(-c3ccc(F)cc3)c(=S)[nH]2)ccc1F. The van der Waals surface area contributed by atoms with Gasteiger partial charge in [0.15, 0.2) is 16.3 Å². The van der Waals surface area contributed by atoms with E-state index in [0.717, 1.165) is 16.9 Å². The van der Waals surface area contributed by atoms with E-state index in [2.05, 4.69) is 4.98 Å². The molecule has 1 aromatic heterocycles. The summed E-state index contributed by atoms with van der Waals surface area (Å²) in [7, 11) is 1.44. The molecule has 0 unspecified atom stereocenters. The zero-order chi connectivity index (χ0) is 18.2. The molecule has 2 aromatic carbocycles. The molecule has 3 aromatic rings. The van der Waals surface area contributed by atoms with Crippen molar-refractivity contribution in [2.75, 3.05) is 7.11 Å². The van der Waals surface area contributed by atoms with Gasteiger partial charge in [-0.2, -0.15) is 0 Å². The number of ether oxygens (including phenoxy) is 1. The lowest BCUT2D eigenvalue weighted by atomic mass is 9.82. The van der Waals surface area contributed by atoms with Gasteiger partial charge in [-0.1, -0.05) is 19.9 Å². The van der Waals surface area contributed by atoms with Crippen molar-refractivity contribution in [2.24, 2.45) is 0 Å². The van der Waals surface area contributed by atoms with Gasteiger partial charge in [-0.15, -0.1) is 0 Å². The minimum atomic E-state index is -0.459. The highest BCUT2D eigenvalue weighted by molar-refractivity contribution is 7.71. The lowest BCUT2D eigenvalue weighted by molar-refractivity contribution is 0.384. The van der Waals surface area contributed by atoms with Crippen LogP contribution in [0, 0.1) is 16.4 Å². The number of nitrogens with one attached hydrogen (secondary N) is 1. The fourth-order valence-electron chi connectivity index (χ4n) is 2.71. The van der Waals surface area contributed by atoms with E-state index in [1.165, 1.54) is 25.3 Å². The summed E-state index contributed by atoms with van der Waals surface area (Å²) in [5.74, 6) is -0.509. The first-order chi connectivity index (χ1) is 11.8. The van der Waals surface area contributed by atoms with Gasteiger partial charge in [-0.05, 0) is 54.2 Å². The molecule has 0 radical (unpaired) electrons. The molecule has 0 aliphatic rings. The number of aromatic amines is 1. The highest BCUT2D eigenvalue weighted by Gasteiger charge is 2.27. The van der Waals surface area contributed by atoms with Gasteiger partial charge in [0.2, 0.25) is 0 Å². The number of aromatic nitrogens is 2. The van der Waals surface area contributed by atoms with Gasteiger partial charge in [0.05, 0.1) is 7.11 Å². The molecule has 0 fully saturated rings. The number of hydrogen-bond donors (Lipinski definition) is 1. The van der Waals surface area contributed by atoms with Crippen molar-refractivity contribution in [1.82, 2.24) is 9.55 Å². The first kappa shape index (κ1) is 17.4. The maximum absolute atomic E-state index is 13.7. The van der Waals surface area contributed by atoms with Gasteiger partial charge in [0.25, 0.3) is 0 Å². The third-order valence-electron chi connectivity index (χ3n) is 4.37. The molecule has 0 saturated carbocycles. The fraction of sp³-hybridized carbons (Fsp3) is 0.211. The van der Waals surface area contributed by atoms with E-state index in [1.54, 1.807) is 28.8 Å². The van der Waals surface area contributed by atoms with Crippen LogP contribution in [0.4, 0.5) is 8.78 Å². The van der Waals surface area contributed by atoms with Crippen molar-refractivity contribution in [3.8, 4) is 11.4 Å². The Hall–Kier alpha value is -2.47. The number of H-pyrrole nitrogens is 1. The predicted molar refractivity (Wildman–Crippen MR) is 96.0 cm³/mol. The van der Waals surface area contributed by atoms with Crippen LogP contribution in [0.3, 0.4) is 0 Å². The Labute approximate surface area is 149 Å². The number of halogens is 2. The molecule has 130 valence electrons. The largest absolute Gasteiger partial charge is 0.494 e. The van der Waals surface area contributed by atoms with Crippen LogP contribution >= 0.6 is 12.2 Å². The molecule has 0 atom stereocenters. The lowest BCUT2D eigenvalue weighted by Gasteiger charge is -2.24. The molecule has 1 N–H and O–H groups in total. The Bertz CT molecular complexity index is 958. The Kier molecular flexibility index (Phi) is 4.47. The summed E-state index contributed by atoms with van der Waals surface area (Å²) in [6.07, 6.45) is 1.88. The van der Waals surface area contributed by atoms with Crippen LogP contribution in [-0.4, -0.2) is 16.7 Å². The summed E-state index contributed by atoms with van der Waals surface area (Å²) >= 11 is 5.40. The third kappa shape index (κ3) is 3.22. The molecule has 0 bridgehead atoms. The Morgan fingerprint density at radius 1 is 1.08 bits per heavy atom. The zero-order valence-corrected chi connectivity index (χ0v) is 15.0. The zero-order valence-electron chi connectivity index (χ0n) is 14.1. The lowest BCUT2D eigenvalue weighted by Crippen LogP contribution is -2.19. The molecule has 25 heavy (non-hydrogen) atoms. The van der Waals surface area contributed by atoms with Crippen LogP contribution in [0.2, 0.25) is 0 Å². The van der Waals surface area contributed by atoms with Crippen LogP contribution in [0.15, 0.2) is 48.7 Å². The summed E-state index contributed by atoms with van der Waals surface area (Å²) in [6, 6.07) is 10.9. The second-order valence-corrected chi connectivity index (χ2v) is 6.68. The quantitative estimate of drug-likeness (QED) is 0.652. The van der Waals surface area contributed by atoms with Crippen molar-refractivity contribution in [1.29, 1.82) is 0 Å². The number of benzene rings is 2. The Morgan fingerprint density at radius 3 is 2.40 bits per heavy atom. The van der Waals surface area contributed by atoms with E-state index in [1.807, 2.05) is 20.0 Å². The van der Waals surface area contributed by atoms with E-state index >= 15 is 0 Å². The predicted octanol–water partition coefficient (Wildman–Crippen LogP) is 5.15. The topological polar surface area (TPSA) is 29.9 Å². The van der Waals surface area contributed by atoms with E-state index in [0.29, 0.717) is 4.77 Å². The van der Waals surface area contributed by atoms with Crippen molar-refractivity contribution >= 4 is 12.2 Å². The Morgan fingerprint density at radius 2 is 1.76 bits per heavy atom. The second-order valence-electron chi connectivity index (χ2n) is 6.29. The fourth-order valence-corrected chi connectivity index (χ4v) is 2.98. The maximum atomic E-state index is 13.7. The van der Waals surface area contributed by atoms with Crippen LogP contribution in [-0.2, 0) is 5.41 Å². The van der Waals surface area contributed by atoms with Crippen molar-refractivity contribution in [2.45, 2.75) is 19.3 Å². The molecule has 6 heteroatoms. The van der Waals surface area contributed by atoms with Gasteiger partial charge < -0.3 is 9.72 Å². The first-order valence-corrected chi connectivity index (χ1v) is 8.16. The molecule has 3 nitrogen and oxygen atoms in total. The average molecular weight is 360 g/mol. The van der Waals surface area contributed by atoms with Crippen LogP contribution < -0.4 is 4.74 Å². The standard InChI is InChI=1S/C19H18F2N2OS/c1-19(2,12-4-9-15(21)16(10-12)24-3)17-11-23(18(25)22-17)14-7-5-13(20)6-8-14/h4-11H,1-3H3,(H,22,25). The van der Waals surface area contributed by atoms with Gasteiger partial charge in [0.1, 0.15) is 5.82 Å². The van der Waals surface area contributed by atoms with Crippen LogP contribution in [0.25, 0.3) is 5.69 Å². The maximum Gasteiger partial charge on any atom is 0.182 e. The van der Waals surface area contributed by atoms with Crippen LogP contribution in [0.1, 0.15) is 25.1 Å². The summed E-state index contributed by atoms with van der Waals surface area (Å²) in [6.45, 7) is 4.02. The molecule has 0 saturated heterocycles. The number of rotatable bonds is 4. The van der Waals surface area contributed by atoms with Gasteiger partial charge in [-0.3, -0.25) is 4.57 Å². The summed E-state index contributed by atoms with van der Waals surface area (Å²) in [4.78, 5) is 3.20. The highest BCUT2D eigenvalue weighted by Crippen LogP contribution is 2.33. The highest BCUT2D eigenvalue weighted by atomic mass is 32.1. The molecule has 3 rings (SSSR count). The van der Waals surface area contributed by atoms with E-state index in [9.17, 15) is 8.78 Å². The molecule has 0 aliphatic carbocycles. The normalized spacial score (nSPS) is 11.6. The monoisotopic (exact) mass is 360 g/mol. The van der Waals surface area contributed by atoms with E-state index < -0.39 is 11.2 Å². The first-order valence-electron chi connectivity index (χ1n) is 7.75.